The molecule has 3 rings (SSSR count). The SMILES string of the molecule is [CH3][Ge]1([CH3])[CH2]CC(c2ccccc2)(c2ccccc2)[O][Ge]1([CH3])[CH3]. The molecule has 0 aromatic heterocycles. The standard InChI is InChI=1S/C19H26Ge2O/c1-20(2)16-15-19(22-21(20,3)4,17-11-7-5-8-12-17)18-13-9-6-10-14-18/h5-14H,15-16H2,1-4H3. The number of hydrogen-bond acceptors (Lipinski definition) is 1. The van der Waals surface area contributed by atoms with E-state index >= 15 is 0 Å². The summed E-state index contributed by atoms with van der Waals surface area (Å²) < 4.78 is 7.12. The first-order chi connectivity index (χ1) is 10.4. The van der Waals surface area contributed by atoms with Gasteiger partial charge < -0.3 is 0 Å². The van der Waals surface area contributed by atoms with Crippen molar-refractivity contribution in [2.24, 2.45) is 0 Å². The Morgan fingerprint density at radius 1 is 0.773 bits per heavy atom. The second kappa shape index (κ2) is 5.84. The van der Waals surface area contributed by atoms with Crippen LogP contribution in [0.5, 0.6) is 0 Å². The van der Waals surface area contributed by atoms with Crippen LogP contribution in [-0.2, 0) is 9.36 Å². The average Bonchev–Trinajstić information content (AvgIpc) is 2.52. The molecule has 22 heavy (non-hydrogen) atoms. The number of hydrogen-bond donors (Lipinski definition) is 0. The van der Waals surface area contributed by atoms with Crippen molar-refractivity contribution in [3.05, 3.63) is 71.8 Å². The molecule has 2 aromatic rings. The van der Waals surface area contributed by atoms with Crippen LogP contribution in [0.15, 0.2) is 60.7 Å². The van der Waals surface area contributed by atoms with Crippen molar-refractivity contribution >= 4 is 22.9 Å². The third-order valence-corrected chi connectivity index (χ3v) is 56.8. The van der Waals surface area contributed by atoms with Gasteiger partial charge in [0.15, 0.2) is 0 Å². The third-order valence-electron chi connectivity index (χ3n) is 5.64. The molecule has 2 aromatic carbocycles. The Bertz CT molecular complexity index is 595. The van der Waals surface area contributed by atoms with E-state index in [0.29, 0.717) is 0 Å². The minimum absolute atomic E-state index is 0.215. The molecule has 1 fully saturated rings. The Balaban J connectivity index is 2.14. The fourth-order valence-corrected chi connectivity index (χ4v) is 22.7. The zero-order valence-electron chi connectivity index (χ0n) is 14.1. The van der Waals surface area contributed by atoms with E-state index in [-0.39, 0.29) is 5.60 Å². The summed E-state index contributed by atoms with van der Waals surface area (Å²) in [6.07, 6.45) is 1.14. The molecule has 0 bridgehead atoms. The molecule has 0 aliphatic carbocycles. The summed E-state index contributed by atoms with van der Waals surface area (Å²) in [6, 6.07) is 21.8. The van der Waals surface area contributed by atoms with Crippen LogP contribution in [0.2, 0.25) is 28.3 Å². The maximum atomic E-state index is 7.12. The van der Waals surface area contributed by atoms with E-state index in [1.807, 2.05) is 0 Å². The zero-order valence-corrected chi connectivity index (χ0v) is 18.3. The third kappa shape index (κ3) is 2.72. The van der Waals surface area contributed by atoms with Crippen LogP contribution in [-0.4, -0.2) is 22.9 Å². The fourth-order valence-electron chi connectivity index (χ4n) is 3.40. The van der Waals surface area contributed by atoms with Crippen LogP contribution in [0.1, 0.15) is 17.5 Å². The van der Waals surface area contributed by atoms with Gasteiger partial charge >= 0.3 is 139 Å². The van der Waals surface area contributed by atoms with E-state index in [1.54, 1.807) is 0 Å². The summed E-state index contributed by atoms with van der Waals surface area (Å²) in [5.74, 6) is 10.2. The van der Waals surface area contributed by atoms with Crippen LogP contribution in [0, 0.1) is 0 Å². The molecule has 0 unspecified atom stereocenters. The van der Waals surface area contributed by atoms with Crippen LogP contribution in [0.25, 0.3) is 0 Å². The van der Waals surface area contributed by atoms with Gasteiger partial charge in [0.2, 0.25) is 0 Å². The predicted molar refractivity (Wildman–Crippen MR) is 99.1 cm³/mol. The molecule has 1 saturated heterocycles. The van der Waals surface area contributed by atoms with Gasteiger partial charge in [-0.1, -0.05) is 0 Å². The van der Waals surface area contributed by atoms with Gasteiger partial charge in [-0.2, -0.15) is 0 Å². The number of benzene rings is 2. The van der Waals surface area contributed by atoms with Crippen LogP contribution in [0.3, 0.4) is 0 Å². The van der Waals surface area contributed by atoms with E-state index in [0.717, 1.165) is 6.42 Å². The summed E-state index contributed by atoms with van der Waals surface area (Å²) in [7, 11) is 0. The summed E-state index contributed by atoms with van der Waals surface area (Å²) in [5, 5.41) is 1.41. The van der Waals surface area contributed by atoms with Crippen molar-refractivity contribution in [2.45, 2.75) is 40.3 Å². The van der Waals surface area contributed by atoms with Gasteiger partial charge in [0.1, 0.15) is 0 Å². The van der Waals surface area contributed by atoms with Gasteiger partial charge in [0.25, 0.3) is 0 Å². The summed E-state index contributed by atoms with van der Waals surface area (Å²) in [5.41, 5.74) is 2.45. The van der Waals surface area contributed by atoms with Crippen molar-refractivity contribution in [3.63, 3.8) is 0 Å². The molecule has 116 valence electrons. The molecule has 0 spiro atoms. The molecule has 1 aliphatic rings. The van der Waals surface area contributed by atoms with Crippen molar-refractivity contribution in [1.29, 1.82) is 0 Å². The van der Waals surface area contributed by atoms with Crippen molar-refractivity contribution in [1.82, 2.24) is 0 Å². The van der Waals surface area contributed by atoms with E-state index in [2.05, 4.69) is 83.7 Å². The summed E-state index contributed by atoms with van der Waals surface area (Å²) in [4.78, 5) is 0. The topological polar surface area (TPSA) is 9.23 Å². The van der Waals surface area contributed by atoms with Crippen LogP contribution >= 0.6 is 0 Å². The molecule has 3 heteroatoms. The molecule has 1 heterocycles. The number of rotatable bonds is 2. The molecule has 0 saturated carbocycles. The monoisotopic (exact) mass is 418 g/mol. The van der Waals surface area contributed by atoms with E-state index < -0.39 is 22.9 Å². The van der Waals surface area contributed by atoms with E-state index in [4.69, 9.17) is 3.76 Å². The molecule has 0 amide bonds. The quantitative estimate of drug-likeness (QED) is 0.602. The average molecular weight is 416 g/mol. The van der Waals surface area contributed by atoms with Gasteiger partial charge in [-0.3, -0.25) is 0 Å². The minimum atomic E-state index is -2.20. The second-order valence-corrected chi connectivity index (χ2v) is 51.2. The van der Waals surface area contributed by atoms with Gasteiger partial charge in [0, 0.05) is 0 Å². The first kappa shape index (κ1) is 16.3. The second-order valence-electron chi connectivity index (χ2n) is 7.56. The first-order valence-corrected chi connectivity index (χ1v) is 25.4. The molecule has 0 radical (unpaired) electrons. The van der Waals surface area contributed by atoms with Crippen molar-refractivity contribution < 1.29 is 3.76 Å². The van der Waals surface area contributed by atoms with Crippen molar-refractivity contribution in [2.75, 3.05) is 0 Å². The Morgan fingerprint density at radius 3 is 1.64 bits per heavy atom. The molecular weight excluding hydrogens is 389 g/mol. The normalized spacial score (nSPS) is 22.2. The van der Waals surface area contributed by atoms with Crippen molar-refractivity contribution in [3.8, 4) is 0 Å². The Hall–Kier alpha value is -0.514. The van der Waals surface area contributed by atoms with Gasteiger partial charge in [-0.05, 0) is 0 Å². The van der Waals surface area contributed by atoms with E-state index in [9.17, 15) is 0 Å². The fraction of sp³-hybridized carbons (Fsp3) is 0.368. The van der Waals surface area contributed by atoms with Gasteiger partial charge in [-0.15, -0.1) is 0 Å². The zero-order chi connectivity index (χ0) is 15.8. The van der Waals surface area contributed by atoms with E-state index in [1.165, 1.54) is 16.4 Å². The Kier molecular flexibility index (Phi) is 4.34. The van der Waals surface area contributed by atoms with Crippen LogP contribution < -0.4 is 0 Å². The van der Waals surface area contributed by atoms with Gasteiger partial charge in [-0.25, -0.2) is 0 Å². The summed E-state index contributed by atoms with van der Waals surface area (Å²) >= 11 is -3.96. The molecular formula is C19H26Ge2O. The summed E-state index contributed by atoms with van der Waals surface area (Å²) in [6.45, 7) is 0. The molecule has 0 atom stereocenters. The predicted octanol–water partition coefficient (Wildman–Crippen LogP) is 5.34. The molecule has 1 nitrogen and oxygen atoms in total. The maximum absolute atomic E-state index is 7.12. The van der Waals surface area contributed by atoms with Gasteiger partial charge in [0.05, 0.1) is 0 Å². The first-order valence-electron chi connectivity index (χ1n) is 8.19. The molecule has 1 aliphatic heterocycles. The Morgan fingerprint density at radius 2 is 1.23 bits per heavy atom. The van der Waals surface area contributed by atoms with Crippen LogP contribution in [0.4, 0.5) is 0 Å². The Labute approximate surface area is 138 Å². The molecule has 0 N–H and O–H groups in total.